The van der Waals surface area contributed by atoms with Crippen molar-refractivity contribution in [2.45, 2.75) is 32.8 Å². The normalized spacial score (nSPS) is 14.4. The smallest absolute Gasteiger partial charge is 0.404 e. The first-order chi connectivity index (χ1) is 6.56. The number of allylic oxidation sites excluding steroid dienone is 2. The van der Waals surface area contributed by atoms with Gasteiger partial charge in [-0.3, -0.25) is 0 Å². The van der Waals surface area contributed by atoms with E-state index in [0.717, 1.165) is 0 Å². The summed E-state index contributed by atoms with van der Waals surface area (Å²) in [7, 11) is 0. The maximum Gasteiger partial charge on any atom is 0.404 e. The Balaban J connectivity index is 4.09. The van der Waals surface area contributed by atoms with Crippen molar-refractivity contribution in [3.8, 4) is 0 Å². The van der Waals surface area contributed by atoms with E-state index in [4.69, 9.17) is 22.1 Å². The van der Waals surface area contributed by atoms with Gasteiger partial charge in [-0.15, -0.1) is 0 Å². The third-order valence-electron chi connectivity index (χ3n) is 1.58. The quantitative estimate of drug-likeness (QED) is 0.720. The third-order valence-corrected chi connectivity index (χ3v) is 1.73. The number of carbonyl (C=O) groups is 1. The summed E-state index contributed by atoms with van der Waals surface area (Å²) in [4.78, 5) is 10.5. The third kappa shape index (κ3) is 7.68. The molecule has 2 N–H and O–H groups in total. The Labute approximate surface area is 89.6 Å². The molecule has 0 aromatic rings. The number of primary amides is 1. The van der Waals surface area contributed by atoms with Gasteiger partial charge < -0.3 is 10.5 Å². The predicted molar refractivity (Wildman–Crippen MR) is 58.1 cm³/mol. The van der Waals surface area contributed by atoms with Crippen LogP contribution in [0.3, 0.4) is 0 Å². The van der Waals surface area contributed by atoms with Crippen LogP contribution in [0.15, 0.2) is 23.3 Å². The van der Waals surface area contributed by atoms with Crippen LogP contribution in [0.4, 0.5) is 4.79 Å². The molecule has 0 heterocycles. The Kier molecular flexibility index (Phi) is 6.93. The summed E-state index contributed by atoms with van der Waals surface area (Å²) in [6.07, 6.45) is 5.89. The second-order valence-corrected chi connectivity index (χ2v) is 3.49. The topological polar surface area (TPSA) is 52.3 Å². The van der Waals surface area contributed by atoms with Gasteiger partial charge in [0.15, 0.2) is 0 Å². The molecule has 0 spiro atoms. The monoisotopic (exact) mass is 217 g/mol. The first-order valence-corrected chi connectivity index (χ1v) is 4.83. The van der Waals surface area contributed by atoms with Gasteiger partial charge in [0.25, 0.3) is 0 Å². The van der Waals surface area contributed by atoms with Gasteiger partial charge in [0.05, 0.1) is 0 Å². The van der Waals surface area contributed by atoms with Gasteiger partial charge in [-0.05, 0) is 13.8 Å². The fraction of sp³-hybridized carbons (Fsp3) is 0.500. The number of ether oxygens (including phenoxy) is 1. The van der Waals surface area contributed by atoms with Crippen molar-refractivity contribution in [2.24, 2.45) is 5.73 Å². The highest BCUT2D eigenvalue weighted by atomic mass is 35.5. The van der Waals surface area contributed by atoms with Crippen molar-refractivity contribution in [3.05, 3.63) is 23.3 Å². The molecule has 0 aromatic carbocycles. The van der Waals surface area contributed by atoms with E-state index in [2.05, 4.69) is 0 Å². The molecular weight excluding hydrogens is 202 g/mol. The molecule has 0 radical (unpaired) electrons. The molecule has 0 rings (SSSR count). The van der Waals surface area contributed by atoms with Crippen LogP contribution in [-0.4, -0.2) is 12.2 Å². The van der Waals surface area contributed by atoms with Crippen molar-refractivity contribution in [3.63, 3.8) is 0 Å². The van der Waals surface area contributed by atoms with E-state index in [0.29, 0.717) is 17.9 Å². The zero-order valence-corrected chi connectivity index (χ0v) is 9.25. The minimum Gasteiger partial charge on any atom is -0.446 e. The average molecular weight is 218 g/mol. The lowest BCUT2D eigenvalue weighted by molar-refractivity contribution is 0.109. The molecule has 0 saturated heterocycles. The average Bonchev–Trinajstić information content (AvgIpc) is 2.09. The zero-order chi connectivity index (χ0) is 11.0. The summed E-state index contributed by atoms with van der Waals surface area (Å²) in [6, 6.07) is 0. The second-order valence-electron chi connectivity index (χ2n) is 2.89. The van der Waals surface area contributed by atoms with Crippen molar-refractivity contribution in [2.75, 3.05) is 0 Å². The lowest BCUT2D eigenvalue weighted by Crippen LogP contribution is -2.21. The highest BCUT2D eigenvalue weighted by Crippen LogP contribution is 2.09. The predicted octanol–water partition coefficient (Wildman–Crippen LogP) is 2.95. The Morgan fingerprint density at radius 1 is 1.57 bits per heavy atom. The molecule has 80 valence electrons. The maximum absolute atomic E-state index is 10.5. The number of hydrogen-bond donors (Lipinski definition) is 1. The van der Waals surface area contributed by atoms with Crippen LogP contribution in [0.5, 0.6) is 0 Å². The van der Waals surface area contributed by atoms with E-state index in [9.17, 15) is 4.79 Å². The van der Waals surface area contributed by atoms with Crippen molar-refractivity contribution in [1.82, 2.24) is 0 Å². The molecule has 4 heteroatoms. The second kappa shape index (κ2) is 7.44. The molecule has 0 aliphatic carbocycles. The highest BCUT2D eigenvalue weighted by Gasteiger charge is 2.08. The van der Waals surface area contributed by atoms with Gasteiger partial charge in [-0.2, -0.15) is 0 Å². The molecule has 0 aliphatic heterocycles. The lowest BCUT2D eigenvalue weighted by Gasteiger charge is -2.12. The molecule has 0 saturated carbocycles. The van der Waals surface area contributed by atoms with E-state index in [1.165, 1.54) is 0 Å². The molecule has 0 fully saturated rings. The largest absolute Gasteiger partial charge is 0.446 e. The number of carbonyl (C=O) groups excluding carboxylic acids is 1. The minimum atomic E-state index is -0.750. The molecular formula is C10H16ClNO2. The molecule has 0 aromatic heterocycles. The fourth-order valence-electron chi connectivity index (χ4n) is 0.938. The van der Waals surface area contributed by atoms with Gasteiger partial charge in [0, 0.05) is 17.9 Å². The number of halogens is 1. The Bertz CT molecular complexity index is 232. The van der Waals surface area contributed by atoms with Gasteiger partial charge in [-0.1, -0.05) is 29.8 Å². The Morgan fingerprint density at radius 2 is 2.21 bits per heavy atom. The number of hydrogen-bond acceptors (Lipinski definition) is 2. The summed E-state index contributed by atoms with van der Waals surface area (Å²) in [5.74, 6) is 0. The molecule has 1 atom stereocenters. The molecule has 1 amide bonds. The van der Waals surface area contributed by atoms with Crippen LogP contribution in [-0.2, 0) is 4.74 Å². The van der Waals surface area contributed by atoms with Crippen LogP contribution in [0.25, 0.3) is 0 Å². The number of rotatable bonds is 5. The first-order valence-electron chi connectivity index (χ1n) is 4.45. The summed E-state index contributed by atoms with van der Waals surface area (Å²) in [5.41, 5.74) is 4.93. The zero-order valence-electron chi connectivity index (χ0n) is 8.50. The van der Waals surface area contributed by atoms with Crippen LogP contribution in [0.1, 0.15) is 26.7 Å². The van der Waals surface area contributed by atoms with Crippen LogP contribution in [0, 0.1) is 0 Å². The molecule has 0 bridgehead atoms. The van der Waals surface area contributed by atoms with Crippen LogP contribution in [0.2, 0.25) is 0 Å². The summed E-state index contributed by atoms with van der Waals surface area (Å²) >= 11 is 5.66. The van der Waals surface area contributed by atoms with E-state index in [1.54, 1.807) is 13.0 Å². The van der Waals surface area contributed by atoms with E-state index < -0.39 is 6.09 Å². The highest BCUT2D eigenvalue weighted by molar-refractivity contribution is 6.29. The first kappa shape index (κ1) is 13.0. The summed E-state index contributed by atoms with van der Waals surface area (Å²) < 4.78 is 4.89. The summed E-state index contributed by atoms with van der Waals surface area (Å²) in [5, 5.41) is 0.684. The Hall–Kier alpha value is -0.960. The SMILES string of the molecule is C/C=C\CC(C/C=C(\C)Cl)OC(N)=O. The van der Waals surface area contributed by atoms with Crippen LogP contribution < -0.4 is 5.73 Å². The molecule has 14 heavy (non-hydrogen) atoms. The number of nitrogens with two attached hydrogens (primary N) is 1. The van der Waals surface area contributed by atoms with Crippen molar-refractivity contribution >= 4 is 17.7 Å². The van der Waals surface area contributed by atoms with Crippen molar-refractivity contribution in [1.29, 1.82) is 0 Å². The lowest BCUT2D eigenvalue weighted by atomic mass is 10.1. The van der Waals surface area contributed by atoms with Crippen molar-refractivity contribution < 1.29 is 9.53 Å². The standard InChI is InChI=1S/C10H16ClNO2/c1-3-4-5-9(14-10(12)13)7-6-8(2)11/h3-4,6,9H,5,7H2,1-2H3,(H2,12,13)/b4-3-,8-6+. The minimum absolute atomic E-state index is 0.225. The fourth-order valence-corrected chi connectivity index (χ4v) is 1.03. The van der Waals surface area contributed by atoms with Gasteiger partial charge >= 0.3 is 6.09 Å². The molecule has 0 aliphatic rings. The van der Waals surface area contributed by atoms with E-state index in [1.807, 2.05) is 19.1 Å². The summed E-state index contributed by atoms with van der Waals surface area (Å²) in [6.45, 7) is 3.68. The maximum atomic E-state index is 10.5. The van der Waals surface area contributed by atoms with Gasteiger partial charge in [0.2, 0.25) is 0 Å². The van der Waals surface area contributed by atoms with E-state index in [-0.39, 0.29) is 6.10 Å². The van der Waals surface area contributed by atoms with Gasteiger partial charge in [0.1, 0.15) is 6.10 Å². The number of amides is 1. The van der Waals surface area contributed by atoms with Gasteiger partial charge in [-0.25, -0.2) is 4.79 Å². The molecule has 1 unspecified atom stereocenters. The molecule has 3 nitrogen and oxygen atoms in total. The van der Waals surface area contributed by atoms with Crippen LogP contribution >= 0.6 is 11.6 Å². The Morgan fingerprint density at radius 3 is 2.64 bits per heavy atom. The van der Waals surface area contributed by atoms with E-state index >= 15 is 0 Å².